The standard InChI is InChI=1S/C15H21FN4/c1-19(10-12-9-18-20(2)11-12)8-7-15(17)13-3-5-14(16)6-4-13/h3-6,9,11,15H,7-8,10,17H2,1-2H3. The molecule has 1 unspecified atom stereocenters. The van der Waals surface area contributed by atoms with Gasteiger partial charge in [-0.15, -0.1) is 0 Å². The number of aryl methyl sites for hydroxylation is 1. The van der Waals surface area contributed by atoms with Crippen molar-refractivity contribution in [3.63, 3.8) is 0 Å². The number of nitrogens with zero attached hydrogens (tertiary/aromatic N) is 3. The molecule has 0 bridgehead atoms. The van der Waals surface area contributed by atoms with E-state index in [1.165, 1.54) is 17.7 Å². The predicted molar refractivity (Wildman–Crippen MR) is 77.5 cm³/mol. The lowest BCUT2D eigenvalue weighted by Crippen LogP contribution is -2.23. The van der Waals surface area contributed by atoms with Gasteiger partial charge >= 0.3 is 0 Å². The summed E-state index contributed by atoms with van der Waals surface area (Å²) in [6, 6.07) is 6.35. The lowest BCUT2D eigenvalue weighted by atomic mass is 10.0. The lowest BCUT2D eigenvalue weighted by molar-refractivity contribution is 0.311. The van der Waals surface area contributed by atoms with Gasteiger partial charge in [-0.25, -0.2) is 4.39 Å². The van der Waals surface area contributed by atoms with Gasteiger partial charge in [0.15, 0.2) is 0 Å². The maximum Gasteiger partial charge on any atom is 0.123 e. The Kier molecular flexibility index (Phi) is 4.87. The Morgan fingerprint density at radius 1 is 1.35 bits per heavy atom. The third-order valence-corrected chi connectivity index (χ3v) is 3.33. The van der Waals surface area contributed by atoms with E-state index < -0.39 is 0 Å². The molecule has 0 saturated heterocycles. The van der Waals surface area contributed by atoms with Crippen LogP contribution in [0.1, 0.15) is 23.6 Å². The first-order chi connectivity index (χ1) is 9.54. The van der Waals surface area contributed by atoms with Crippen molar-refractivity contribution in [2.45, 2.75) is 19.0 Å². The van der Waals surface area contributed by atoms with E-state index in [1.807, 2.05) is 19.4 Å². The van der Waals surface area contributed by atoms with Gasteiger partial charge < -0.3 is 10.6 Å². The van der Waals surface area contributed by atoms with Crippen LogP contribution in [0.25, 0.3) is 0 Å². The van der Waals surface area contributed by atoms with Gasteiger partial charge in [0.1, 0.15) is 5.82 Å². The number of rotatable bonds is 6. The zero-order valence-corrected chi connectivity index (χ0v) is 12.0. The van der Waals surface area contributed by atoms with Gasteiger partial charge in [0.05, 0.1) is 6.20 Å². The molecule has 2 rings (SSSR count). The van der Waals surface area contributed by atoms with Gasteiger partial charge in [0.2, 0.25) is 0 Å². The third kappa shape index (κ3) is 4.15. The first-order valence-corrected chi connectivity index (χ1v) is 6.71. The highest BCUT2D eigenvalue weighted by atomic mass is 19.1. The topological polar surface area (TPSA) is 47.1 Å². The Hall–Kier alpha value is -1.72. The highest BCUT2D eigenvalue weighted by molar-refractivity contribution is 5.19. The number of nitrogens with two attached hydrogens (primary N) is 1. The van der Waals surface area contributed by atoms with E-state index in [9.17, 15) is 4.39 Å². The van der Waals surface area contributed by atoms with Crippen molar-refractivity contribution in [1.29, 1.82) is 0 Å². The SMILES string of the molecule is CN(CCC(N)c1ccc(F)cc1)Cc1cnn(C)c1. The number of halogens is 1. The van der Waals surface area contributed by atoms with Crippen molar-refractivity contribution in [3.8, 4) is 0 Å². The van der Waals surface area contributed by atoms with E-state index in [1.54, 1.807) is 16.8 Å². The van der Waals surface area contributed by atoms with E-state index in [0.29, 0.717) is 0 Å². The summed E-state index contributed by atoms with van der Waals surface area (Å²) >= 11 is 0. The molecule has 0 fully saturated rings. The molecule has 1 heterocycles. The van der Waals surface area contributed by atoms with E-state index >= 15 is 0 Å². The summed E-state index contributed by atoms with van der Waals surface area (Å²) in [4.78, 5) is 2.21. The van der Waals surface area contributed by atoms with Crippen molar-refractivity contribution >= 4 is 0 Å². The molecule has 1 aromatic heterocycles. The molecule has 2 N–H and O–H groups in total. The second-order valence-electron chi connectivity index (χ2n) is 5.21. The summed E-state index contributed by atoms with van der Waals surface area (Å²) in [6.07, 6.45) is 4.72. The molecular formula is C15H21FN4. The van der Waals surface area contributed by atoms with Gasteiger partial charge in [-0.3, -0.25) is 4.68 Å². The molecule has 1 aromatic carbocycles. The van der Waals surface area contributed by atoms with E-state index in [0.717, 1.165) is 25.1 Å². The largest absolute Gasteiger partial charge is 0.324 e. The van der Waals surface area contributed by atoms with Crippen molar-refractivity contribution in [2.75, 3.05) is 13.6 Å². The molecule has 1 atom stereocenters. The molecule has 5 heteroatoms. The molecule has 0 saturated carbocycles. The van der Waals surface area contributed by atoms with Crippen LogP contribution < -0.4 is 5.73 Å². The summed E-state index contributed by atoms with van der Waals surface area (Å²) in [5, 5.41) is 4.15. The molecule has 108 valence electrons. The summed E-state index contributed by atoms with van der Waals surface area (Å²) in [6.45, 7) is 1.73. The average Bonchev–Trinajstić information content (AvgIpc) is 2.82. The lowest BCUT2D eigenvalue weighted by Gasteiger charge is -2.19. The van der Waals surface area contributed by atoms with Crippen molar-refractivity contribution < 1.29 is 4.39 Å². The van der Waals surface area contributed by atoms with Gasteiger partial charge in [0, 0.05) is 31.4 Å². The summed E-state index contributed by atoms with van der Waals surface area (Å²) in [5.74, 6) is -0.227. The number of benzene rings is 1. The minimum atomic E-state index is -0.227. The van der Waals surface area contributed by atoms with Crippen LogP contribution in [0, 0.1) is 5.82 Å². The second kappa shape index (κ2) is 6.63. The Labute approximate surface area is 119 Å². The normalized spacial score (nSPS) is 12.8. The molecule has 0 spiro atoms. The smallest absolute Gasteiger partial charge is 0.123 e. The molecule has 0 radical (unpaired) electrons. The molecule has 0 aliphatic rings. The van der Waals surface area contributed by atoms with E-state index in [-0.39, 0.29) is 11.9 Å². The van der Waals surface area contributed by atoms with Crippen LogP contribution in [-0.4, -0.2) is 28.3 Å². The summed E-state index contributed by atoms with van der Waals surface area (Å²) in [7, 11) is 3.97. The fourth-order valence-corrected chi connectivity index (χ4v) is 2.18. The fourth-order valence-electron chi connectivity index (χ4n) is 2.18. The molecule has 20 heavy (non-hydrogen) atoms. The first-order valence-electron chi connectivity index (χ1n) is 6.71. The number of hydrogen-bond acceptors (Lipinski definition) is 3. The van der Waals surface area contributed by atoms with Crippen LogP contribution in [0.4, 0.5) is 4.39 Å². The number of aromatic nitrogens is 2. The molecule has 0 aliphatic heterocycles. The zero-order chi connectivity index (χ0) is 14.5. The maximum absolute atomic E-state index is 12.9. The van der Waals surface area contributed by atoms with Crippen LogP contribution in [-0.2, 0) is 13.6 Å². The third-order valence-electron chi connectivity index (χ3n) is 3.33. The van der Waals surface area contributed by atoms with E-state index in [2.05, 4.69) is 17.0 Å². The van der Waals surface area contributed by atoms with Crippen molar-refractivity contribution in [3.05, 3.63) is 53.6 Å². The number of hydrogen-bond donors (Lipinski definition) is 1. The second-order valence-corrected chi connectivity index (χ2v) is 5.21. The molecular weight excluding hydrogens is 255 g/mol. The maximum atomic E-state index is 12.9. The minimum absolute atomic E-state index is 0.0630. The molecule has 0 aliphatic carbocycles. The fraction of sp³-hybridized carbons (Fsp3) is 0.400. The quantitative estimate of drug-likeness (QED) is 0.878. The van der Waals surface area contributed by atoms with Crippen LogP contribution >= 0.6 is 0 Å². The molecule has 0 amide bonds. The van der Waals surface area contributed by atoms with Crippen LogP contribution in [0.2, 0.25) is 0 Å². The van der Waals surface area contributed by atoms with Crippen LogP contribution in [0.15, 0.2) is 36.7 Å². The van der Waals surface area contributed by atoms with Crippen molar-refractivity contribution in [2.24, 2.45) is 12.8 Å². The highest BCUT2D eigenvalue weighted by Crippen LogP contribution is 2.15. The summed E-state index contributed by atoms with van der Waals surface area (Å²) < 4.78 is 14.7. The predicted octanol–water partition coefficient (Wildman–Crippen LogP) is 2.08. The van der Waals surface area contributed by atoms with Gasteiger partial charge in [-0.1, -0.05) is 12.1 Å². The Morgan fingerprint density at radius 3 is 2.65 bits per heavy atom. The Morgan fingerprint density at radius 2 is 2.05 bits per heavy atom. The Bertz CT molecular complexity index is 535. The van der Waals surface area contributed by atoms with Crippen LogP contribution in [0.3, 0.4) is 0 Å². The molecule has 2 aromatic rings. The summed E-state index contributed by atoms with van der Waals surface area (Å²) in [5.41, 5.74) is 8.28. The Balaban J connectivity index is 1.80. The van der Waals surface area contributed by atoms with Crippen molar-refractivity contribution in [1.82, 2.24) is 14.7 Å². The average molecular weight is 276 g/mol. The van der Waals surface area contributed by atoms with Gasteiger partial charge in [-0.05, 0) is 37.7 Å². The van der Waals surface area contributed by atoms with Crippen LogP contribution in [0.5, 0.6) is 0 Å². The van der Waals surface area contributed by atoms with E-state index in [4.69, 9.17) is 5.73 Å². The molecule has 4 nitrogen and oxygen atoms in total. The first kappa shape index (κ1) is 14.7. The zero-order valence-electron chi connectivity index (χ0n) is 12.0. The van der Waals surface area contributed by atoms with Gasteiger partial charge in [0.25, 0.3) is 0 Å². The minimum Gasteiger partial charge on any atom is -0.324 e. The van der Waals surface area contributed by atoms with Gasteiger partial charge in [-0.2, -0.15) is 5.10 Å². The monoisotopic (exact) mass is 276 g/mol. The highest BCUT2D eigenvalue weighted by Gasteiger charge is 2.08.